The lowest BCUT2D eigenvalue weighted by molar-refractivity contribution is -0.109. The fraction of sp³-hybridized carbons (Fsp3) is 0.208. The van der Waals surface area contributed by atoms with Gasteiger partial charge in [0.25, 0.3) is 0 Å². The molecule has 31 heavy (non-hydrogen) atoms. The predicted octanol–water partition coefficient (Wildman–Crippen LogP) is 3.54. The molecule has 0 amide bonds. The Kier molecular flexibility index (Phi) is 5.33. The highest BCUT2D eigenvalue weighted by molar-refractivity contribution is 5.79. The van der Waals surface area contributed by atoms with Gasteiger partial charge >= 0.3 is 0 Å². The first-order chi connectivity index (χ1) is 15.3. The maximum Gasteiger partial charge on any atom is 0.146 e. The summed E-state index contributed by atoms with van der Waals surface area (Å²) >= 11 is 0. The van der Waals surface area contributed by atoms with Crippen LogP contribution in [0.15, 0.2) is 60.9 Å². The van der Waals surface area contributed by atoms with E-state index in [1.165, 1.54) is 5.69 Å². The fourth-order valence-electron chi connectivity index (χ4n) is 3.93. The average Bonchev–Trinajstić information content (AvgIpc) is 2.85. The topological polar surface area (TPSA) is 79.4 Å². The number of carbonyl (C=O) groups is 1. The van der Waals surface area contributed by atoms with Crippen LogP contribution in [-0.4, -0.2) is 42.6 Å². The molecule has 2 aromatic heterocycles. The number of anilines is 3. The number of benzene rings is 1. The molecule has 156 valence electrons. The number of pyridine rings is 2. The second kappa shape index (κ2) is 8.57. The highest BCUT2D eigenvalue weighted by Gasteiger charge is 2.23. The van der Waals surface area contributed by atoms with Crippen molar-refractivity contribution in [3.8, 4) is 11.4 Å². The van der Waals surface area contributed by atoms with E-state index in [4.69, 9.17) is 9.72 Å². The standard InChI is InChI=1S/C24H23N5O2/c30-16-22-23-17(8-10-26-22)15-21(20-3-1-2-9-25-20)28-24(23)27-18-4-6-19(7-5-18)29-11-13-31-14-12-29/h1-10,15-16,22,26H,11-14H2,(H,27,28). The fourth-order valence-corrected chi connectivity index (χ4v) is 3.93. The number of aldehydes is 1. The van der Waals surface area contributed by atoms with Crippen LogP contribution in [0.25, 0.3) is 17.5 Å². The first-order valence-electron chi connectivity index (χ1n) is 10.4. The lowest BCUT2D eigenvalue weighted by Crippen LogP contribution is -2.36. The molecule has 7 heteroatoms. The molecule has 1 saturated heterocycles. The number of fused-ring (bicyclic) bond motifs is 1. The van der Waals surface area contributed by atoms with Crippen LogP contribution in [0.2, 0.25) is 0 Å². The van der Waals surface area contributed by atoms with E-state index < -0.39 is 6.04 Å². The molecule has 0 saturated carbocycles. The van der Waals surface area contributed by atoms with Crippen molar-refractivity contribution in [2.45, 2.75) is 6.04 Å². The quantitative estimate of drug-likeness (QED) is 0.620. The zero-order valence-corrected chi connectivity index (χ0v) is 17.0. The van der Waals surface area contributed by atoms with Crippen LogP contribution in [0.1, 0.15) is 17.2 Å². The van der Waals surface area contributed by atoms with Crippen LogP contribution in [0.4, 0.5) is 17.2 Å². The summed E-state index contributed by atoms with van der Waals surface area (Å²) in [6.45, 7) is 3.30. The Balaban J connectivity index is 1.50. The summed E-state index contributed by atoms with van der Waals surface area (Å²) in [7, 11) is 0. The Morgan fingerprint density at radius 1 is 1.10 bits per heavy atom. The van der Waals surface area contributed by atoms with E-state index in [2.05, 4.69) is 32.7 Å². The number of nitrogens with zero attached hydrogens (tertiary/aromatic N) is 3. The summed E-state index contributed by atoms with van der Waals surface area (Å²) in [5.41, 5.74) is 5.38. The summed E-state index contributed by atoms with van der Waals surface area (Å²) in [5.74, 6) is 0.645. The molecule has 0 aliphatic carbocycles. The third kappa shape index (κ3) is 4.00. The van der Waals surface area contributed by atoms with Gasteiger partial charge in [-0.25, -0.2) is 4.98 Å². The molecule has 1 atom stereocenters. The van der Waals surface area contributed by atoms with E-state index in [0.717, 1.165) is 60.8 Å². The van der Waals surface area contributed by atoms with E-state index in [0.29, 0.717) is 5.82 Å². The number of hydrogen-bond acceptors (Lipinski definition) is 7. The van der Waals surface area contributed by atoms with Crippen molar-refractivity contribution in [2.24, 2.45) is 0 Å². The van der Waals surface area contributed by atoms with Gasteiger partial charge in [-0.1, -0.05) is 6.07 Å². The van der Waals surface area contributed by atoms with Gasteiger partial charge in [0, 0.05) is 36.2 Å². The first-order valence-corrected chi connectivity index (χ1v) is 10.4. The number of nitrogens with one attached hydrogen (secondary N) is 2. The second-order valence-corrected chi connectivity index (χ2v) is 7.46. The largest absolute Gasteiger partial charge is 0.378 e. The van der Waals surface area contributed by atoms with Gasteiger partial charge < -0.3 is 25.1 Å². The zero-order chi connectivity index (χ0) is 21.0. The Labute approximate surface area is 180 Å². The maximum absolute atomic E-state index is 11.7. The van der Waals surface area contributed by atoms with Crippen molar-refractivity contribution in [3.63, 3.8) is 0 Å². The van der Waals surface area contributed by atoms with E-state index in [1.54, 1.807) is 12.4 Å². The van der Waals surface area contributed by atoms with E-state index in [9.17, 15) is 4.79 Å². The van der Waals surface area contributed by atoms with Gasteiger partial charge in [0.05, 0.1) is 24.6 Å². The molecule has 0 bridgehead atoms. The molecule has 2 aliphatic rings. The molecular weight excluding hydrogens is 390 g/mol. The molecular formula is C24H23N5O2. The molecule has 1 fully saturated rings. The minimum absolute atomic E-state index is 0.458. The smallest absolute Gasteiger partial charge is 0.146 e. The SMILES string of the molecule is O=CC1NC=Cc2cc(-c3ccccn3)nc(Nc3ccc(N4CCOCC4)cc3)c21. The maximum atomic E-state index is 11.7. The summed E-state index contributed by atoms with van der Waals surface area (Å²) in [5, 5.41) is 6.52. The Morgan fingerprint density at radius 2 is 1.94 bits per heavy atom. The van der Waals surface area contributed by atoms with Gasteiger partial charge in [0.1, 0.15) is 18.1 Å². The van der Waals surface area contributed by atoms with Crippen LogP contribution < -0.4 is 15.5 Å². The average molecular weight is 413 g/mol. The molecule has 4 heterocycles. The second-order valence-electron chi connectivity index (χ2n) is 7.46. The van der Waals surface area contributed by atoms with Crippen LogP contribution in [0.3, 0.4) is 0 Å². The van der Waals surface area contributed by atoms with Gasteiger partial charge in [-0.2, -0.15) is 0 Å². The van der Waals surface area contributed by atoms with Crippen LogP contribution in [0.5, 0.6) is 0 Å². The summed E-state index contributed by atoms with van der Waals surface area (Å²) < 4.78 is 5.44. The third-order valence-electron chi connectivity index (χ3n) is 5.51. The van der Waals surface area contributed by atoms with Crippen molar-refractivity contribution < 1.29 is 9.53 Å². The van der Waals surface area contributed by atoms with Gasteiger partial charge in [0.15, 0.2) is 0 Å². The lowest BCUT2D eigenvalue weighted by atomic mass is 9.97. The number of morpholine rings is 1. The molecule has 0 radical (unpaired) electrons. The zero-order valence-electron chi connectivity index (χ0n) is 17.0. The van der Waals surface area contributed by atoms with Crippen LogP contribution in [-0.2, 0) is 9.53 Å². The van der Waals surface area contributed by atoms with E-state index in [-0.39, 0.29) is 0 Å². The van der Waals surface area contributed by atoms with Crippen molar-refractivity contribution in [1.82, 2.24) is 15.3 Å². The van der Waals surface area contributed by atoms with Gasteiger partial charge in [-0.15, -0.1) is 0 Å². The molecule has 2 N–H and O–H groups in total. The van der Waals surface area contributed by atoms with Crippen LogP contribution in [0, 0.1) is 0 Å². The highest BCUT2D eigenvalue weighted by atomic mass is 16.5. The first kappa shape index (κ1) is 19.3. The predicted molar refractivity (Wildman–Crippen MR) is 121 cm³/mol. The van der Waals surface area contributed by atoms with Crippen molar-refractivity contribution in [2.75, 3.05) is 36.5 Å². The molecule has 7 nitrogen and oxygen atoms in total. The number of rotatable bonds is 5. The number of carbonyl (C=O) groups excluding carboxylic acids is 1. The highest BCUT2D eigenvalue weighted by Crippen LogP contribution is 2.34. The monoisotopic (exact) mass is 413 g/mol. The summed E-state index contributed by atoms with van der Waals surface area (Å²) in [4.78, 5) is 23.3. The Hall–Kier alpha value is -3.71. The van der Waals surface area contributed by atoms with E-state index >= 15 is 0 Å². The summed E-state index contributed by atoms with van der Waals surface area (Å²) in [6.07, 6.45) is 6.40. The van der Waals surface area contributed by atoms with Crippen molar-refractivity contribution in [3.05, 3.63) is 72.1 Å². The molecule has 5 rings (SSSR count). The third-order valence-corrected chi connectivity index (χ3v) is 5.51. The van der Waals surface area contributed by atoms with Crippen LogP contribution >= 0.6 is 0 Å². The van der Waals surface area contributed by atoms with Crippen molar-refractivity contribution >= 4 is 29.6 Å². The lowest BCUT2D eigenvalue weighted by Gasteiger charge is -2.29. The molecule has 1 aromatic carbocycles. The normalized spacial score (nSPS) is 17.5. The van der Waals surface area contributed by atoms with Gasteiger partial charge in [0.2, 0.25) is 0 Å². The Morgan fingerprint density at radius 3 is 2.68 bits per heavy atom. The molecule has 0 spiro atoms. The number of hydrogen-bond donors (Lipinski definition) is 2. The van der Waals surface area contributed by atoms with Gasteiger partial charge in [-0.3, -0.25) is 4.98 Å². The minimum Gasteiger partial charge on any atom is -0.378 e. The molecule has 3 aromatic rings. The number of ether oxygens (including phenoxy) is 1. The minimum atomic E-state index is -0.458. The Bertz CT molecular complexity index is 1090. The van der Waals surface area contributed by atoms with Crippen molar-refractivity contribution in [1.29, 1.82) is 0 Å². The molecule has 2 aliphatic heterocycles. The summed E-state index contributed by atoms with van der Waals surface area (Å²) in [6, 6.07) is 15.5. The number of aromatic nitrogens is 2. The molecule has 1 unspecified atom stereocenters. The van der Waals surface area contributed by atoms with Gasteiger partial charge in [-0.05, 0) is 60.3 Å². The van der Waals surface area contributed by atoms with E-state index in [1.807, 2.05) is 42.5 Å².